The molecule has 2 atom stereocenters. The Morgan fingerprint density at radius 3 is 3.00 bits per heavy atom. The van der Waals surface area contributed by atoms with Gasteiger partial charge in [0.05, 0.1) is 18.8 Å². The lowest BCUT2D eigenvalue weighted by Gasteiger charge is -2.26. The van der Waals surface area contributed by atoms with Crippen molar-refractivity contribution in [3.8, 4) is 0 Å². The van der Waals surface area contributed by atoms with Crippen LogP contribution in [-0.4, -0.2) is 48.1 Å². The third-order valence-electron chi connectivity index (χ3n) is 1.99. The number of hydrogen-bond acceptors (Lipinski definition) is 4. The molecule has 1 heterocycles. The Bertz CT molecular complexity index is 174. The van der Waals surface area contributed by atoms with Crippen molar-refractivity contribution in [3.63, 3.8) is 0 Å². The Balaban J connectivity index is 2.10. The minimum absolute atomic E-state index is 0.0527. The van der Waals surface area contributed by atoms with Crippen LogP contribution in [0.15, 0.2) is 0 Å². The number of carboxylic acid groups (broad SMARTS) is 1. The summed E-state index contributed by atoms with van der Waals surface area (Å²) in [5, 5.41) is 20.3. The minimum atomic E-state index is -0.878. The van der Waals surface area contributed by atoms with Gasteiger partial charge in [-0.25, -0.2) is 0 Å². The van der Waals surface area contributed by atoms with Gasteiger partial charge in [-0.1, -0.05) is 0 Å². The highest BCUT2D eigenvalue weighted by Crippen LogP contribution is 2.12. The highest BCUT2D eigenvalue weighted by Gasteiger charge is 2.20. The molecule has 13 heavy (non-hydrogen) atoms. The number of aliphatic hydroxyl groups excluding tert-OH is 1. The third kappa shape index (κ3) is 4.21. The van der Waals surface area contributed by atoms with Crippen LogP contribution >= 0.6 is 0 Å². The smallest absolute Gasteiger partial charge is 0.317 e. The van der Waals surface area contributed by atoms with Gasteiger partial charge >= 0.3 is 5.97 Å². The van der Waals surface area contributed by atoms with E-state index in [1.54, 1.807) is 0 Å². The standard InChI is InChI=1S/C8H15NO4/c10-6-1-2-13-7(3-6)4-9-5-8(11)12/h6-7,9-10H,1-5H2,(H,11,12)/t6-,7+/m1/s1. The van der Waals surface area contributed by atoms with E-state index in [0.29, 0.717) is 26.0 Å². The predicted octanol–water partition coefficient (Wildman–Crippen LogP) is -0.800. The van der Waals surface area contributed by atoms with Gasteiger partial charge in [0.1, 0.15) is 0 Å². The first-order valence-electron chi connectivity index (χ1n) is 4.40. The Morgan fingerprint density at radius 1 is 1.62 bits per heavy atom. The molecule has 0 bridgehead atoms. The van der Waals surface area contributed by atoms with E-state index in [1.165, 1.54) is 0 Å². The lowest BCUT2D eigenvalue weighted by molar-refractivity contribution is -0.136. The van der Waals surface area contributed by atoms with Crippen molar-refractivity contribution in [2.75, 3.05) is 19.7 Å². The summed E-state index contributed by atoms with van der Waals surface area (Å²) in [4.78, 5) is 10.2. The molecule has 1 aliphatic rings. The number of carboxylic acids is 1. The third-order valence-corrected chi connectivity index (χ3v) is 1.99. The maximum absolute atomic E-state index is 10.2. The molecule has 1 rings (SSSR count). The summed E-state index contributed by atoms with van der Waals surface area (Å²) in [7, 11) is 0. The van der Waals surface area contributed by atoms with Crippen LogP contribution in [0.5, 0.6) is 0 Å². The molecule has 1 aliphatic heterocycles. The first kappa shape index (κ1) is 10.4. The van der Waals surface area contributed by atoms with E-state index in [1.807, 2.05) is 0 Å². The summed E-state index contributed by atoms with van der Waals surface area (Å²) < 4.78 is 5.31. The molecule has 0 aliphatic carbocycles. The number of ether oxygens (including phenoxy) is 1. The van der Waals surface area contributed by atoms with Crippen LogP contribution in [0.3, 0.4) is 0 Å². The minimum Gasteiger partial charge on any atom is -0.480 e. The van der Waals surface area contributed by atoms with Crippen LogP contribution in [0.4, 0.5) is 0 Å². The van der Waals surface area contributed by atoms with E-state index < -0.39 is 5.97 Å². The van der Waals surface area contributed by atoms with Crippen molar-refractivity contribution in [3.05, 3.63) is 0 Å². The quantitative estimate of drug-likeness (QED) is 0.539. The molecule has 76 valence electrons. The second kappa shape index (κ2) is 5.16. The van der Waals surface area contributed by atoms with Crippen LogP contribution in [0.1, 0.15) is 12.8 Å². The van der Waals surface area contributed by atoms with E-state index in [-0.39, 0.29) is 18.8 Å². The van der Waals surface area contributed by atoms with Gasteiger partial charge < -0.3 is 20.3 Å². The zero-order valence-electron chi connectivity index (χ0n) is 7.40. The summed E-state index contributed by atoms with van der Waals surface area (Å²) in [6.07, 6.45) is 0.913. The maximum atomic E-state index is 10.2. The molecular weight excluding hydrogens is 174 g/mol. The van der Waals surface area contributed by atoms with Crippen molar-refractivity contribution in [2.24, 2.45) is 0 Å². The average molecular weight is 189 g/mol. The average Bonchev–Trinajstić information content (AvgIpc) is 2.03. The van der Waals surface area contributed by atoms with Gasteiger partial charge in [-0.3, -0.25) is 4.79 Å². The summed E-state index contributed by atoms with van der Waals surface area (Å²) in [6.45, 7) is 0.986. The number of rotatable bonds is 4. The molecule has 5 nitrogen and oxygen atoms in total. The Hall–Kier alpha value is -0.650. The van der Waals surface area contributed by atoms with Crippen LogP contribution in [0.2, 0.25) is 0 Å². The van der Waals surface area contributed by atoms with Gasteiger partial charge in [0.25, 0.3) is 0 Å². The fraction of sp³-hybridized carbons (Fsp3) is 0.875. The molecule has 0 radical (unpaired) electrons. The molecule has 0 unspecified atom stereocenters. The zero-order chi connectivity index (χ0) is 9.68. The molecule has 0 aromatic rings. The molecule has 0 aromatic heterocycles. The lowest BCUT2D eigenvalue weighted by Crippen LogP contribution is -2.38. The van der Waals surface area contributed by atoms with Gasteiger partial charge in [0.2, 0.25) is 0 Å². The summed E-state index contributed by atoms with van der Waals surface area (Å²) in [5.41, 5.74) is 0. The second-order valence-corrected chi connectivity index (χ2v) is 3.20. The summed E-state index contributed by atoms with van der Waals surface area (Å²) in [5.74, 6) is -0.878. The molecule has 0 amide bonds. The van der Waals surface area contributed by atoms with Gasteiger partial charge in [-0.15, -0.1) is 0 Å². The van der Waals surface area contributed by atoms with Crippen LogP contribution in [0.25, 0.3) is 0 Å². The molecule has 1 fully saturated rings. The summed E-state index contributed by atoms with van der Waals surface area (Å²) >= 11 is 0. The predicted molar refractivity (Wildman–Crippen MR) is 45.5 cm³/mol. The second-order valence-electron chi connectivity index (χ2n) is 3.20. The SMILES string of the molecule is O=C(O)CNC[C@@H]1C[C@H](O)CCO1. The molecule has 0 aromatic carbocycles. The van der Waals surface area contributed by atoms with Crippen LogP contribution in [-0.2, 0) is 9.53 Å². The molecule has 3 N–H and O–H groups in total. The van der Waals surface area contributed by atoms with Gasteiger partial charge in [-0.2, -0.15) is 0 Å². The number of carbonyl (C=O) groups is 1. The molecule has 5 heteroatoms. The lowest BCUT2D eigenvalue weighted by atomic mass is 10.1. The first-order chi connectivity index (χ1) is 6.18. The topological polar surface area (TPSA) is 78.8 Å². The fourth-order valence-electron chi connectivity index (χ4n) is 1.34. The van der Waals surface area contributed by atoms with Crippen molar-refractivity contribution in [1.29, 1.82) is 0 Å². The van der Waals surface area contributed by atoms with E-state index in [9.17, 15) is 9.90 Å². The normalized spacial score (nSPS) is 28.7. The van der Waals surface area contributed by atoms with E-state index >= 15 is 0 Å². The largest absolute Gasteiger partial charge is 0.480 e. The molecule has 1 saturated heterocycles. The van der Waals surface area contributed by atoms with E-state index in [0.717, 1.165) is 0 Å². The Morgan fingerprint density at radius 2 is 2.38 bits per heavy atom. The van der Waals surface area contributed by atoms with Crippen molar-refractivity contribution in [1.82, 2.24) is 5.32 Å². The maximum Gasteiger partial charge on any atom is 0.317 e. The highest BCUT2D eigenvalue weighted by molar-refractivity contribution is 5.68. The Kier molecular flexibility index (Phi) is 4.14. The number of nitrogens with one attached hydrogen (secondary N) is 1. The van der Waals surface area contributed by atoms with Gasteiger partial charge in [0.15, 0.2) is 0 Å². The number of aliphatic carboxylic acids is 1. The van der Waals surface area contributed by atoms with Gasteiger partial charge in [-0.05, 0) is 6.42 Å². The van der Waals surface area contributed by atoms with Crippen molar-refractivity contribution >= 4 is 5.97 Å². The summed E-state index contributed by atoms with van der Waals surface area (Å²) in [6, 6.07) is 0. The van der Waals surface area contributed by atoms with Gasteiger partial charge in [0, 0.05) is 19.6 Å². The van der Waals surface area contributed by atoms with Crippen LogP contribution < -0.4 is 5.32 Å². The highest BCUT2D eigenvalue weighted by atomic mass is 16.5. The Labute approximate surface area is 76.7 Å². The van der Waals surface area contributed by atoms with Crippen molar-refractivity contribution < 1.29 is 19.7 Å². The molecule has 0 saturated carbocycles. The molecular formula is C8H15NO4. The van der Waals surface area contributed by atoms with Crippen molar-refractivity contribution in [2.45, 2.75) is 25.0 Å². The van der Waals surface area contributed by atoms with E-state index in [4.69, 9.17) is 9.84 Å². The fourth-order valence-corrected chi connectivity index (χ4v) is 1.34. The van der Waals surface area contributed by atoms with E-state index in [2.05, 4.69) is 5.32 Å². The molecule has 0 spiro atoms. The first-order valence-corrected chi connectivity index (χ1v) is 4.40. The monoisotopic (exact) mass is 189 g/mol. The zero-order valence-corrected chi connectivity index (χ0v) is 7.40. The van der Waals surface area contributed by atoms with Crippen LogP contribution in [0, 0.1) is 0 Å². The number of hydrogen-bond donors (Lipinski definition) is 3. The number of aliphatic hydroxyl groups is 1.